The molecule has 0 aliphatic heterocycles. The lowest BCUT2D eigenvalue weighted by atomic mass is 10.4. The normalized spacial score (nSPS) is 10.3. The molecule has 2 aromatic heterocycles. The number of hydrogen-bond acceptors (Lipinski definition) is 3. The third kappa shape index (κ3) is 2.67. The average Bonchev–Trinajstić information content (AvgIpc) is 2.87. The van der Waals surface area contributed by atoms with Crippen molar-refractivity contribution in [3.8, 4) is 9.75 Å². The highest BCUT2D eigenvalue weighted by Gasteiger charge is 2.06. The second kappa shape index (κ2) is 5.04. The van der Waals surface area contributed by atoms with Gasteiger partial charge >= 0.3 is 0 Å². The summed E-state index contributed by atoms with van der Waals surface area (Å²) in [6, 6.07) is 8.53. The summed E-state index contributed by atoms with van der Waals surface area (Å²) in [6.45, 7) is 9.97. The largest absolute Gasteiger partial charge is 0.143 e. The van der Waals surface area contributed by atoms with Gasteiger partial charge in [-0.1, -0.05) is 31.0 Å². The first-order valence-electron chi connectivity index (χ1n) is 4.83. The maximum Gasteiger partial charge on any atom is 0.0449 e. The van der Waals surface area contributed by atoms with Crippen molar-refractivity contribution in [1.29, 1.82) is 0 Å². The van der Waals surface area contributed by atoms with Crippen molar-refractivity contribution in [2.75, 3.05) is 0 Å². The lowest BCUT2D eigenvalue weighted by molar-refractivity contribution is 1.74. The number of thioether (sulfide) groups is 1. The summed E-state index contributed by atoms with van der Waals surface area (Å²) in [7, 11) is 0. The Morgan fingerprint density at radius 2 is 2.00 bits per heavy atom. The predicted molar refractivity (Wildman–Crippen MR) is 79.1 cm³/mol. The molecule has 2 aromatic rings. The van der Waals surface area contributed by atoms with E-state index < -0.39 is 0 Å². The molecule has 0 aliphatic rings. The van der Waals surface area contributed by atoms with Crippen LogP contribution in [0.1, 0.15) is 11.8 Å². The van der Waals surface area contributed by atoms with Gasteiger partial charge in [-0.3, -0.25) is 0 Å². The zero-order valence-corrected chi connectivity index (χ0v) is 11.5. The summed E-state index contributed by atoms with van der Waals surface area (Å²) in [6.07, 6.45) is 0. The Hall–Kier alpha value is -0.770. The highest BCUT2D eigenvalue weighted by molar-refractivity contribution is 8.11. The third-order valence-corrected chi connectivity index (χ3v) is 5.10. The Kier molecular flexibility index (Phi) is 3.69. The molecular weight excluding hydrogens is 252 g/mol. The van der Waals surface area contributed by atoms with Crippen LogP contribution in [0, 0.1) is 0 Å². The molecule has 0 radical (unpaired) electrons. The fourth-order valence-electron chi connectivity index (χ4n) is 1.30. The van der Waals surface area contributed by atoms with E-state index in [1.54, 1.807) is 34.4 Å². The van der Waals surface area contributed by atoms with Gasteiger partial charge < -0.3 is 0 Å². The topological polar surface area (TPSA) is 0 Å². The molecule has 0 fully saturated rings. The summed E-state index contributed by atoms with van der Waals surface area (Å²) in [5.41, 5.74) is 0. The molecule has 3 heteroatoms. The molecule has 0 aliphatic carbocycles. The lowest BCUT2D eigenvalue weighted by Crippen LogP contribution is -1.68. The Balaban J connectivity index is 2.20. The SMILES string of the molecule is C=C(C)SC(=C)c1ccc(-c2cccs2)s1. The second-order valence-electron chi connectivity index (χ2n) is 3.37. The maximum absolute atomic E-state index is 4.08. The van der Waals surface area contributed by atoms with Crippen molar-refractivity contribution in [3.05, 3.63) is 52.6 Å². The molecule has 0 spiro atoms. The van der Waals surface area contributed by atoms with E-state index in [9.17, 15) is 0 Å². The van der Waals surface area contributed by atoms with Gasteiger partial charge in [0.1, 0.15) is 0 Å². The van der Waals surface area contributed by atoms with E-state index in [4.69, 9.17) is 0 Å². The molecule has 0 unspecified atom stereocenters. The molecule has 0 amide bonds. The Bertz CT molecular complexity index is 503. The van der Waals surface area contributed by atoms with Crippen LogP contribution in [0.5, 0.6) is 0 Å². The highest BCUT2D eigenvalue weighted by Crippen LogP contribution is 2.39. The quantitative estimate of drug-likeness (QED) is 0.681. The minimum atomic E-state index is 1.08. The molecule has 0 atom stereocenters. The molecule has 0 nitrogen and oxygen atoms in total. The molecule has 82 valence electrons. The van der Waals surface area contributed by atoms with Crippen LogP contribution in [0.2, 0.25) is 0 Å². The van der Waals surface area contributed by atoms with Gasteiger partial charge in [-0.2, -0.15) is 0 Å². The van der Waals surface area contributed by atoms with Crippen LogP contribution in [-0.2, 0) is 0 Å². The predicted octanol–water partition coefficient (Wildman–Crippen LogP) is 5.71. The number of hydrogen-bond donors (Lipinski definition) is 0. The average molecular weight is 264 g/mol. The van der Waals surface area contributed by atoms with Crippen LogP contribution >= 0.6 is 34.4 Å². The zero-order chi connectivity index (χ0) is 11.5. The van der Waals surface area contributed by atoms with Crippen molar-refractivity contribution in [2.45, 2.75) is 6.92 Å². The summed E-state index contributed by atoms with van der Waals surface area (Å²) < 4.78 is 0. The smallest absolute Gasteiger partial charge is 0.0449 e. The van der Waals surface area contributed by atoms with Gasteiger partial charge in [0.25, 0.3) is 0 Å². The summed E-state index contributed by atoms with van der Waals surface area (Å²) in [5.74, 6) is 0. The van der Waals surface area contributed by atoms with E-state index in [0.29, 0.717) is 0 Å². The minimum Gasteiger partial charge on any atom is -0.143 e. The number of allylic oxidation sites excluding steroid dienone is 1. The maximum atomic E-state index is 4.08. The first kappa shape index (κ1) is 11.7. The molecule has 0 saturated carbocycles. The van der Waals surface area contributed by atoms with Gasteiger partial charge in [-0.05, 0) is 35.4 Å². The van der Waals surface area contributed by atoms with E-state index in [0.717, 1.165) is 9.81 Å². The van der Waals surface area contributed by atoms with Crippen molar-refractivity contribution in [1.82, 2.24) is 0 Å². The van der Waals surface area contributed by atoms with E-state index in [-0.39, 0.29) is 0 Å². The van der Waals surface area contributed by atoms with Gasteiger partial charge in [0.15, 0.2) is 0 Å². The minimum absolute atomic E-state index is 1.08. The molecular formula is C13H12S3. The Morgan fingerprint density at radius 3 is 2.62 bits per heavy atom. The number of rotatable bonds is 4. The number of thiophene rings is 2. The summed E-state index contributed by atoms with van der Waals surface area (Å²) >= 11 is 5.20. The van der Waals surface area contributed by atoms with Gasteiger partial charge in [-0.15, -0.1) is 22.7 Å². The lowest BCUT2D eigenvalue weighted by Gasteiger charge is -2.00. The van der Waals surface area contributed by atoms with Crippen LogP contribution in [0.15, 0.2) is 47.7 Å². The van der Waals surface area contributed by atoms with Crippen LogP contribution < -0.4 is 0 Å². The van der Waals surface area contributed by atoms with Gasteiger partial charge in [0.05, 0.1) is 0 Å². The molecule has 16 heavy (non-hydrogen) atoms. The molecule has 0 aromatic carbocycles. The van der Waals surface area contributed by atoms with Crippen LogP contribution in [0.25, 0.3) is 14.7 Å². The zero-order valence-electron chi connectivity index (χ0n) is 9.03. The molecule has 0 N–H and O–H groups in total. The van der Waals surface area contributed by atoms with Crippen molar-refractivity contribution < 1.29 is 0 Å². The van der Waals surface area contributed by atoms with E-state index in [1.807, 2.05) is 6.92 Å². The van der Waals surface area contributed by atoms with Gasteiger partial charge in [0, 0.05) is 19.5 Å². The third-order valence-electron chi connectivity index (χ3n) is 1.94. The van der Waals surface area contributed by atoms with Crippen LogP contribution in [-0.4, -0.2) is 0 Å². The van der Waals surface area contributed by atoms with Crippen molar-refractivity contribution in [3.63, 3.8) is 0 Å². The second-order valence-corrected chi connectivity index (χ2v) is 6.79. The summed E-state index contributed by atoms with van der Waals surface area (Å²) in [4.78, 5) is 6.03. The fraction of sp³-hybridized carbons (Fsp3) is 0.0769. The van der Waals surface area contributed by atoms with Gasteiger partial charge in [0.2, 0.25) is 0 Å². The Labute approximate surface area is 108 Å². The standard InChI is InChI=1S/C13H12S3/c1-9(2)15-10(3)11-6-7-13(16-11)12-5-4-8-14-12/h4-8H,1,3H2,2H3. The monoisotopic (exact) mass is 264 g/mol. The van der Waals surface area contributed by atoms with Crippen LogP contribution in [0.3, 0.4) is 0 Å². The first-order chi connectivity index (χ1) is 7.66. The summed E-state index contributed by atoms with van der Waals surface area (Å²) in [5, 5.41) is 2.10. The van der Waals surface area contributed by atoms with E-state index in [1.165, 1.54) is 14.6 Å². The Morgan fingerprint density at radius 1 is 1.19 bits per heavy atom. The molecule has 2 heterocycles. The van der Waals surface area contributed by atoms with Gasteiger partial charge in [-0.25, -0.2) is 0 Å². The van der Waals surface area contributed by atoms with Crippen LogP contribution in [0.4, 0.5) is 0 Å². The van der Waals surface area contributed by atoms with Crippen molar-refractivity contribution in [2.24, 2.45) is 0 Å². The van der Waals surface area contributed by atoms with Crippen molar-refractivity contribution >= 4 is 39.3 Å². The fourth-order valence-corrected chi connectivity index (χ4v) is 3.84. The molecule has 2 rings (SSSR count). The first-order valence-corrected chi connectivity index (χ1v) is 7.34. The van der Waals surface area contributed by atoms with E-state index in [2.05, 4.69) is 42.8 Å². The van der Waals surface area contributed by atoms with E-state index >= 15 is 0 Å². The molecule has 0 saturated heterocycles. The molecule has 0 bridgehead atoms. The highest BCUT2D eigenvalue weighted by atomic mass is 32.2.